The average Bonchev–Trinajstić information content (AvgIpc) is 2.27. The third-order valence-corrected chi connectivity index (χ3v) is 2.39. The van der Waals surface area contributed by atoms with Crippen LogP contribution in [-0.2, 0) is 6.42 Å². The van der Waals surface area contributed by atoms with Crippen LogP contribution in [-0.4, -0.2) is 6.36 Å². The third-order valence-electron chi connectivity index (χ3n) is 2.39. The van der Waals surface area contributed by atoms with Gasteiger partial charge in [-0.2, -0.15) is 5.26 Å². The summed E-state index contributed by atoms with van der Waals surface area (Å²) in [6, 6.07) is 11.3. The van der Waals surface area contributed by atoms with E-state index >= 15 is 0 Å². The summed E-state index contributed by atoms with van der Waals surface area (Å²) in [7, 11) is 0. The molecule has 0 atom stereocenters. The van der Waals surface area contributed by atoms with Crippen LogP contribution in [0.1, 0.15) is 5.56 Å². The van der Waals surface area contributed by atoms with Crippen molar-refractivity contribution in [2.75, 3.05) is 0 Å². The topological polar surface area (TPSA) is 33.0 Å². The van der Waals surface area contributed by atoms with Crippen molar-refractivity contribution in [1.29, 1.82) is 5.26 Å². The molecular weight excluding hydrogens is 243 g/mol. The molecule has 0 saturated carbocycles. The van der Waals surface area contributed by atoms with E-state index in [2.05, 4.69) is 4.74 Å². The molecule has 0 aliphatic rings. The van der Waals surface area contributed by atoms with Crippen molar-refractivity contribution >= 4 is 10.8 Å². The van der Waals surface area contributed by atoms with Crippen LogP contribution in [0.5, 0.6) is 5.75 Å². The number of halogens is 3. The van der Waals surface area contributed by atoms with Gasteiger partial charge in [0.25, 0.3) is 0 Å². The van der Waals surface area contributed by atoms with Gasteiger partial charge < -0.3 is 4.74 Å². The van der Waals surface area contributed by atoms with E-state index in [4.69, 9.17) is 5.26 Å². The summed E-state index contributed by atoms with van der Waals surface area (Å²) in [4.78, 5) is 0. The summed E-state index contributed by atoms with van der Waals surface area (Å²) in [5.41, 5.74) is 0.828. The Labute approximate surface area is 101 Å². The van der Waals surface area contributed by atoms with Crippen molar-refractivity contribution in [3.05, 3.63) is 42.0 Å². The Bertz CT molecular complexity index is 614. The van der Waals surface area contributed by atoms with Gasteiger partial charge in [0.15, 0.2) is 0 Å². The summed E-state index contributed by atoms with van der Waals surface area (Å²) < 4.78 is 40.0. The van der Waals surface area contributed by atoms with Crippen molar-refractivity contribution in [2.45, 2.75) is 12.8 Å². The van der Waals surface area contributed by atoms with E-state index in [9.17, 15) is 13.2 Å². The predicted octanol–water partition coefficient (Wildman–Crippen LogP) is 3.80. The minimum absolute atomic E-state index is 0.247. The van der Waals surface area contributed by atoms with Crippen molar-refractivity contribution < 1.29 is 17.9 Å². The van der Waals surface area contributed by atoms with Crippen LogP contribution in [0.25, 0.3) is 10.8 Å². The lowest BCUT2D eigenvalue weighted by Gasteiger charge is -2.09. The predicted molar refractivity (Wildman–Crippen MR) is 59.9 cm³/mol. The van der Waals surface area contributed by atoms with Gasteiger partial charge >= 0.3 is 6.36 Å². The first-order valence-electron chi connectivity index (χ1n) is 5.13. The van der Waals surface area contributed by atoms with Gasteiger partial charge in [0.2, 0.25) is 0 Å². The number of benzene rings is 2. The molecule has 2 aromatic rings. The molecular formula is C13H8F3NO. The molecule has 0 fully saturated rings. The first kappa shape index (κ1) is 12.2. The molecule has 0 aromatic heterocycles. The second-order valence-corrected chi connectivity index (χ2v) is 3.73. The van der Waals surface area contributed by atoms with Crippen LogP contribution in [0.4, 0.5) is 13.2 Å². The van der Waals surface area contributed by atoms with E-state index in [0.717, 1.165) is 10.9 Å². The number of rotatable bonds is 2. The lowest BCUT2D eigenvalue weighted by Crippen LogP contribution is -2.16. The summed E-state index contributed by atoms with van der Waals surface area (Å²) in [5.74, 6) is -0.247. The van der Waals surface area contributed by atoms with Gasteiger partial charge in [-0.15, -0.1) is 13.2 Å². The van der Waals surface area contributed by atoms with Gasteiger partial charge in [-0.1, -0.05) is 24.3 Å². The van der Waals surface area contributed by atoms with E-state index in [-0.39, 0.29) is 12.2 Å². The minimum atomic E-state index is -4.69. The average molecular weight is 251 g/mol. The largest absolute Gasteiger partial charge is 0.573 e. The molecule has 2 aromatic carbocycles. The molecule has 0 unspecified atom stereocenters. The number of ether oxygens (including phenoxy) is 1. The summed E-state index contributed by atoms with van der Waals surface area (Å²) in [6.45, 7) is 0. The number of hydrogen-bond acceptors (Lipinski definition) is 2. The Morgan fingerprint density at radius 2 is 1.72 bits per heavy atom. The fraction of sp³-hybridized carbons (Fsp3) is 0.154. The molecule has 0 spiro atoms. The molecule has 0 radical (unpaired) electrons. The molecule has 92 valence electrons. The van der Waals surface area contributed by atoms with Gasteiger partial charge in [-0.05, 0) is 28.5 Å². The van der Waals surface area contributed by atoms with Gasteiger partial charge in [0, 0.05) is 0 Å². The molecule has 5 heteroatoms. The standard InChI is InChI=1S/C13H8F3NO/c14-13(15,16)18-12-4-3-10-7-9(5-6-17)1-2-11(10)8-12/h1-4,7-8H,5H2. The highest BCUT2D eigenvalue weighted by Gasteiger charge is 2.31. The number of nitriles is 1. The van der Waals surface area contributed by atoms with Gasteiger partial charge in [0.1, 0.15) is 5.75 Å². The van der Waals surface area contributed by atoms with E-state index in [1.54, 1.807) is 18.2 Å². The Kier molecular flexibility index (Phi) is 3.11. The Balaban J connectivity index is 2.36. The molecule has 2 nitrogen and oxygen atoms in total. The Morgan fingerprint density at radius 3 is 2.39 bits per heavy atom. The monoisotopic (exact) mass is 251 g/mol. The van der Waals surface area contributed by atoms with Crippen LogP contribution in [0.15, 0.2) is 36.4 Å². The highest BCUT2D eigenvalue weighted by Crippen LogP contribution is 2.27. The van der Waals surface area contributed by atoms with E-state index in [1.807, 2.05) is 6.07 Å². The van der Waals surface area contributed by atoms with Crippen molar-refractivity contribution in [2.24, 2.45) is 0 Å². The second-order valence-electron chi connectivity index (χ2n) is 3.73. The number of hydrogen-bond donors (Lipinski definition) is 0. The van der Waals surface area contributed by atoms with Crippen LogP contribution in [0.2, 0.25) is 0 Å². The van der Waals surface area contributed by atoms with E-state index in [0.29, 0.717) is 5.39 Å². The summed E-state index contributed by atoms with van der Waals surface area (Å²) in [5, 5.41) is 9.98. The maximum Gasteiger partial charge on any atom is 0.573 e. The second kappa shape index (κ2) is 4.57. The van der Waals surface area contributed by atoms with Crippen LogP contribution >= 0.6 is 0 Å². The SMILES string of the molecule is N#CCc1ccc2cc(OC(F)(F)F)ccc2c1. The summed E-state index contributed by atoms with van der Waals surface area (Å²) in [6.07, 6.45) is -4.41. The van der Waals surface area contributed by atoms with Crippen LogP contribution in [0.3, 0.4) is 0 Å². The van der Waals surface area contributed by atoms with Gasteiger partial charge in [-0.25, -0.2) is 0 Å². The molecule has 18 heavy (non-hydrogen) atoms. The molecule has 0 heterocycles. The highest BCUT2D eigenvalue weighted by atomic mass is 19.4. The molecule has 0 saturated heterocycles. The van der Waals surface area contributed by atoms with E-state index < -0.39 is 6.36 Å². The third kappa shape index (κ3) is 2.92. The fourth-order valence-corrected chi connectivity index (χ4v) is 1.67. The Hall–Kier alpha value is -2.22. The van der Waals surface area contributed by atoms with Crippen molar-refractivity contribution in [1.82, 2.24) is 0 Å². The van der Waals surface area contributed by atoms with Gasteiger partial charge in [0.05, 0.1) is 12.5 Å². The zero-order valence-electron chi connectivity index (χ0n) is 9.16. The smallest absolute Gasteiger partial charge is 0.406 e. The molecule has 0 N–H and O–H groups in total. The van der Waals surface area contributed by atoms with Crippen molar-refractivity contribution in [3.8, 4) is 11.8 Å². The number of alkyl halides is 3. The van der Waals surface area contributed by atoms with Crippen LogP contribution in [0, 0.1) is 11.3 Å². The molecule has 0 aliphatic carbocycles. The maximum absolute atomic E-state index is 12.0. The zero-order valence-corrected chi connectivity index (χ0v) is 9.16. The quantitative estimate of drug-likeness (QED) is 0.813. The van der Waals surface area contributed by atoms with Gasteiger partial charge in [-0.3, -0.25) is 0 Å². The normalized spacial score (nSPS) is 11.2. The number of nitrogens with zero attached hydrogens (tertiary/aromatic N) is 1. The molecule has 0 amide bonds. The molecule has 2 rings (SSSR count). The lowest BCUT2D eigenvalue weighted by molar-refractivity contribution is -0.274. The lowest BCUT2D eigenvalue weighted by atomic mass is 10.1. The maximum atomic E-state index is 12.0. The van der Waals surface area contributed by atoms with Crippen molar-refractivity contribution in [3.63, 3.8) is 0 Å². The Morgan fingerprint density at radius 1 is 1.06 bits per heavy atom. The first-order valence-corrected chi connectivity index (χ1v) is 5.13. The van der Waals surface area contributed by atoms with Crippen LogP contribution < -0.4 is 4.74 Å². The molecule has 0 bridgehead atoms. The summed E-state index contributed by atoms with van der Waals surface area (Å²) >= 11 is 0. The highest BCUT2D eigenvalue weighted by molar-refractivity contribution is 5.84. The fourth-order valence-electron chi connectivity index (χ4n) is 1.67. The zero-order chi connectivity index (χ0) is 13.2. The van der Waals surface area contributed by atoms with E-state index in [1.165, 1.54) is 18.2 Å². The minimum Gasteiger partial charge on any atom is -0.406 e. The molecule has 0 aliphatic heterocycles. The number of fused-ring (bicyclic) bond motifs is 1. The first-order chi connectivity index (χ1) is 8.48.